The summed E-state index contributed by atoms with van der Waals surface area (Å²) in [6.45, 7) is 0.561. The molecular formula is C24H27NO10S. The molecule has 194 valence electrons. The Balaban J connectivity index is 2.03. The number of para-hydroxylation sites is 1. The maximum atomic E-state index is 12.5. The Morgan fingerprint density at radius 3 is 2.19 bits per heavy atom. The van der Waals surface area contributed by atoms with E-state index in [2.05, 4.69) is 0 Å². The first-order chi connectivity index (χ1) is 17.1. The predicted octanol–water partition coefficient (Wildman–Crippen LogP) is 0.326. The molecule has 0 unspecified atom stereocenters. The molecule has 12 heteroatoms. The van der Waals surface area contributed by atoms with Gasteiger partial charge in [-0.1, -0.05) is 36.0 Å². The van der Waals surface area contributed by atoms with E-state index in [1.165, 1.54) is 25.1 Å². The maximum Gasteiger partial charge on any atom is 0.336 e. The fourth-order valence-corrected chi connectivity index (χ4v) is 5.27. The second-order valence-electron chi connectivity index (χ2n) is 8.19. The zero-order chi connectivity index (χ0) is 26.6. The monoisotopic (exact) mass is 521 g/mol. The van der Waals surface area contributed by atoms with Crippen LogP contribution in [0, 0.1) is 0 Å². The summed E-state index contributed by atoms with van der Waals surface area (Å²) in [7, 11) is 0. The third-order valence-electron chi connectivity index (χ3n) is 5.82. The van der Waals surface area contributed by atoms with Crippen LogP contribution in [0.4, 0.5) is 5.69 Å². The number of thioether (sulfide) groups is 1. The van der Waals surface area contributed by atoms with Crippen LogP contribution in [0.1, 0.15) is 22.8 Å². The minimum atomic E-state index is -1.64. The molecule has 1 heterocycles. The van der Waals surface area contributed by atoms with Crippen molar-refractivity contribution in [2.24, 2.45) is 0 Å². The van der Waals surface area contributed by atoms with Gasteiger partial charge in [-0.05, 0) is 29.8 Å². The number of anilines is 1. The van der Waals surface area contributed by atoms with E-state index in [4.69, 9.17) is 4.74 Å². The standard InChI is InChI=1S/C24H27NO10S/c1-12(27)25(13-6-3-2-4-7-13)16(23(33)34)10-15-14(22(31)32)8-5-9-18(15)36-24-21(30)20(29)19(28)17(11-26)35-24/h2-9,16-17,19-21,24,26,28-30H,10-11H2,1H3,(H,31,32)(H,33,34)/t16-,17+,19-,20-,21+,24-/m0/s1. The summed E-state index contributed by atoms with van der Waals surface area (Å²) >= 11 is 0.811. The number of carbonyl (C=O) groups excluding carboxylic acids is 1. The van der Waals surface area contributed by atoms with E-state index >= 15 is 0 Å². The van der Waals surface area contributed by atoms with Crippen LogP contribution >= 0.6 is 11.8 Å². The SMILES string of the molecule is CC(=O)N(c1ccccc1)[C@@H](Cc1c(S[C@@H]2O[C@H](CO)[C@H](O)[C@H](O)[C@H]2O)cccc1C(=O)O)C(=O)O. The Morgan fingerprint density at radius 2 is 1.64 bits per heavy atom. The van der Waals surface area contributed by atoms with Gasteiger partial charge in [0.15, 0.2) is 0 Å². The minimum absolute atomic E-state index is 0.0709. The van der Waals surface area contributed by atoms with Crippen LogP contribution in [0.3, 0.4) is 0 Å². The number of nitrogens with zero attached hydrogens (tertiary/aromatic N) is 1. The van der Waals surface area contributed by atoms with Crippen molar-refractivity contribution in [1.29, 1.82) is 0 Å². The molecule has 1 amide bonds. The molecule has 2 aromatic carbocycles. The first-order valence-electron chi connectivity index (χ1n) is 11.0. The lowest BCUT2D eigenvalue weighted by Gasteiger charge is -2.39. The number of carboxylic acid groups (broad SMARTS) is 2. The quantitative estimate of drug-likeness (QED) is 0.267. The molecule has 1 saturated heterocycles. The summed E-state index contributed by atoms with van der Waals surface area (Å²) in [6, 6.07) is 10.8. The lowest BCUT2D eigenvalue weighted by Crippen LogP contribution is -2.57. The number of ether oxygens (including phenoxy) is 1. The first kappa shape index (κ1) is 27.6. The molecule has 6 N–H and O–H groups in total. The van der Waals surface area contributed by atoms with Crippen molar-refractivity contribution in [3.8, 4) is 0 Å². The molecule has 0 bridgehead atoms. The van der Waals surface area contributed by atoms with Gasteiger partial charge in [-0.3, -0.25) is 9.69 Å². The molecule has 0 radical (unpaired) electrons. The number of hydrogen-bond donors (Lipinski definition) is 6. The van der Waals surface area contributed by atoms with Gasteiger partial charge in [-0.15, -0.1) is 0 Å². The minimum Gasteiger partial charge on any atom is -0.480 e. The van der Waals surface area contributed by atoms with Crippen LogP contribution in [-0.2, 0) is 20.7 Å². The van der Waals surface area contributed by atoms with E-state index in [0.29, 0.717) is 5.69 Å². The Morgan fingerprint density at radius 1 is 0.972 bits per heavy atom. The molecule has 1 aliphatic rings. The number of aliphatic carboxylic acids is 1. The molecule has 0 spiro atoms. The van der Waals surface area contributed by atoms with Crippen LogP contribution in [0.5, 0.6) is 0 Å². The number of rotatable bonds is 9. The van der Waals surface area contributed by atoms with Crippen molar-refractivity contribution >= 4 is 35.3 Å². The van der Waals surface area contributed by atoms with Gasteiger partial charge in [0.1, 0.15) is 35.9 Å². The van der Waals surface area contributed by atoms with Gasteiger partial charge >= 0.3 is 11.9 Å². The molecule has 0 aromatic heterocycles. The van der Waals surface area contributed by atoms with E-state index in [9.17, 15) is 45.0 Å². The summed E-state index contributed by atoms with van der Waals surface area (Å²) in [5.41, 5.74) is -1.05. The summed E-state index contributed by atoms with van der Waals surface area (Å²) in [6.07, 6.45) is -6.38. The van der Waals surface area contributed by atoms with Gasteiger partial charge in [0.25, 0.3) is 0 Å². The number of aliphatic hydroxyl groups excluding tert-OH is 4. The lowest BCUT2D eigenvalue weighted by atomic mass is 9.98. The largest absolute Gasteiger partial charge is 0.480 e. The Kier molecular flexibility index (Phi) is 9.06. The molecule has 3 rings (SSSR count). The lowest BCUT2D eigenvalue weighted by molar-refractivity contribution is -0.205. The molecule has 0 aliphatic carbocycles. The molecule has 1 fully saturated rings. The van der Waals surface area contributed by atoms with E-state index in [1.807, 2.05) is 0 Å². The molecular weight excluding hydrogens is 494 g/mol. The zero-order valence-corrected chi connectivity index (χ0v) is 20.0. The second-order valence-corrected chi connectivity index (χ2v) is 9.33. The topological polar surface area (TPSA) is 185 Å². The van der Waals surface area contributed by atoms with E-state index in [-0.39, 0.29) is 16.0 Å². The molecule has 2 aromatic rings. The molecule has 0 saturated carbocycles. The Bertz CT molecular complexity index is 1100. The summed E-state index contributed by atoms with van der Waals surface area (Å²) in [5, 5.41) is 59.9. The molecule has 6 atom stereocenters. The van der Waals surface area contributed by atoms with Crippen LogP contribution < -0.4 is 4.90 Å². The van der Waals surface area contributed by atoms with Gasteiger partial charge in [0, 0.05) is 23.9 Å². The normalized spacial score (nSPS) is 24.6. The van der Waals surface area contributed by atoms with Crippen LogP contribution in [-0.4, -0.2) is 91.0 Å². The van der Waals surface area contributed by atoms with Crippen molar-refractivity contribution in [3.63, 3.8) is 0 Å². The average Bonchev–Trinajstić information content (AvgIpc) is 2.84. The van der Waals surface area contributed by atoms with Crippen molar-refractivity contribution in [3.05, 3.63) is 59.7 Å². The first-order valence-corrected chi connectivity index (χ1v) is 11.8. The number of carbonyl (C=O) groups is 3. The number of aromatic carboxylic acids is 1. The van der Waals surface area contributed by atoms with E-state index in [0.717, 1.165) is 16.7 Å². The predicted molar refractivity (Wildman–Crippen MR) is 128 cm³/mol. The van der Waals surface area contributed by atoms with Crippen LogP contribution in [0.2, 0.25) is 0 Å². The van der Waals surface area contributed by atoms with Crippen LogP contribution in [0.25, 0.3) is 0 Å². The van der Waals surface area contributed by atoms with Crippen molar-refractivity contribution in [1.82, 2.24) is 0 Å². The Labute approximate surface area is 210 Å². The number of amides is 1. The van der Waals surface area contributed by atoms with Crippen molar-refractivity contribution < 1.29 is 49.8 Å². The third kappa shape index (κ3) is 5.86. The number of hydrogen-bond acceptors (Lipinski definition) is 9. The zero-order valence-electron chi connectivity index (χ0n) is 19.2. The van der Waals surface area contributed by atoms with Gasteiger partial charge < -0.3 is 35.4 Å². The van der Waals surface area contributed by atoms with Gasteiger partial charge in [-0.2, -0.15) is 0 Å². The number of carboxylic acids is 2. The van der Waals surface area contributed by atoms with Crippen LogP contribution in [0.15, 0.2) is 53.4 Å². The maximum absolute atomic E-state index is 12.5. The number of benzene rings is 2. The third-order valence-corrected chi connectivity index (χ3v) is 7.08. The highest BCUT2D eigenvalue weighted by Crippen LogP contribution is 2.37. The van der Waals surface area contributed by atoms with Crippen molar-refractivity contribution in [2.75, 3.05) is 11.5 Å². The van der Waals surface area contributed by atoms with Gasteiger partial charge in [0.05, 0.1) is 12.2 Å². The molecule has 1 aliphatic heterocycles. The number of aliphatic hydroxyl groups is 4. The highest BCUT2D eigenvalue weighted by atomic mass is 32.2. The van der Waals surface area contributed by atoms with Crippen molar-refractivity contribution in [2.45, 2.75) is 54.1 Å². The fourth-order valence-electron chi connectivity index (χ4n) is 4.03. The van der Waals surface area contributed by atoms with E-state index < -0.39 is 66.8 Å². The van der Waals surface area contributed by atoms with Gasteiger partial charge in [0.2, 0.25) is 5.91 Å². The summed E-state index contributed by atoms with van der Waals surface area (Å²) in [4.78, 5) is 38.1. The van der Waals surface area contributed by atoms with E-state index in [1.54, 1.807) is 30.3 Å². The molecule has 36 heavy (non-hydrogen) atoms. The Hall–Kier alpha value is -3.00. The average molecular weight is 522 g/mol. The van der Waals surface area contributed by atoms with Gasteiger partial charge in [-0.25, -0.2) is 9.59 Å². The highest BCUT2D eigenvalue weighted by molar-refractivity contribution is 7.99. The summed E-state index contributed by atoms with van der Waals surface area (Å²) in [5.74, 6) is -3.26. The smallest absolute Gasteiger partial charge is 0.336 e. The second kappa shape index (κ2) is 11.8. The summed E-state index contributed by atoms with van der Waals surface area (Å²) < 4.78 is 5.52. The highest BCUT2D eigenvalue weighted by Gasteiger charge is 2.44. The molecule has 11 nitrogen and oxygen atoms in total. The fraction of sp³-hybridized carbons (Fsp3) is 0.375.